The van der Waals surface area contributed by atoms with Gasteiger partial charge in [0, 0.05) is 6.42 Å². The normalized spacial score (nSPS) is 10.7. The van der Waals surface area contributed by atoms with Gasteiger partial charge in [-0.15, -0.1) is 0 Å². The second-order valence-electron chi connectivity index (χ2n) is 6.00. The first-order valence-corrected chi connectivity index (χ1v) is 8.98. The summed E-state index contributed by atoms with van der Waals surface area (Å²) >= 11 is 0. The van der Waals surface area contributed by atoms with Crippen LogP contribution in [-0.4, -0.2) is 25.6 Å². The number of methoxy groups -OCH3 is 1. The molecule has 0 aliphatic rings. The summed E-state index contributed by atoms with van der Waals surface area (Å²) in [6.45, 7) is 2.52. The number of nitrogens with two attached hydrogens (primary N) is 1. The lowest BCUT2D eigenvalue weighted by molar-refractivity contribution is -0.134. The molecule has 0 spiro atoms. The third-order valence-corrected chi connectivity index (χ3v) is 3.96. The van der Waals surface area contributed by atoms with Crippen LogP contribution in [0.15, 0.2) is 48.0 Å². The van der Waals surface area contributed by atoms with Crippen LogP contribution in [0, 0.1) is 11.3 Å². The fourth-order valence-corrected chi connectivity index (χ4v) is 2.52. The average molecular weight is 394 g/mol. The third kappa shape index (κ3) is 6.40. The van der Waals surface area contributed by atoms with Crippen molar-refractivity contribution in [3.8, 4) is 23.3 Å². The molecule has 150 valence electrons. The van der Waals surface area contributed by atoms with Gasteiger partial charge in [0.15, 0.2) is 11.5 Å². The molecule has 0 aliphatic carbocycles. The standard InChI is InChI=1S/C22H22N2O5/c1-3-28-18-8-4-15(5-9-18)7-11-21(25)29-19-10-6-16(13-20(19)27-2)12-17(14-23)22(24)26/h4-6,8-10,12-13H,3,7,11H2,1-2H3,(H2,24,26)/b17-12+. The maximum absolute atomic E-state index is 12.2. The maximum atomic E-state index is 12.2. The molecule has 0 atom stereocenters. The molecule has 1 amide bonds. The molecule has 0 unspecified atom stereocenters. The van der Waals surface area contributed by atoms with Gasteiger partial charge >= 0.3 is 5.97 Å². The highest BCUT2D eigenvalue weighted by Crippen LogP contribution is 2.29. The highest BCUT2D eigenvalue weighted by molar-refractivity contribution is 6.00. The SMILES string of the molecule is CCOc1ccc(CCC(=O)Oc2ccc(/C=C(\C#N)C(N)=O)cc2OC)cc1. The van der Waals surface area contributed by atoms with Crippen molar-refractivity contribution in [2.75, 3.05) is 13.7 Å². The van der Waals surface area contributed by atoms with E-state index < -0.39 is 11.9 Å². The molecule has 0 bridgehead atoms. The molecule has 2 N–H and O–H groups in total. The second-order valence-corrected chi connectivity index (χ2v) is 6.00. The Labute approximate surface area is 169 Å². The Bertz CT molecular complexity index is 943. The van der Waals surface area contributed by atoms with E-state index in [-0.39, 0.29) is 17.7 Å². The molecular weight excluding hydrogens is 372 g/mol. The maximum Gasteiger partial charge on any atom is 0.311 e. The topological polar surface area (TPSA) is 112 Å². The fraction of sp³-hybridized carbons (Fsp3) is 0.227. The summed E-state index contributed by atoms with van der Waals surface area (Å²) in [6.07, 6.45) is 2.06. The molecule has 2 aromatic carbocycles. The van der Waals surface area contributed by atoms with Crippen molar-refractivity contribution in [2.45, 2.75) is 19.8 Å². The Balaban J connectivity index is 2.02. The van der Waals surface area contributed by atoms with E-state index in [1.165, 1.54) is 19.3 Å². The Morgan fingerprint density at radius 2 is 1.86 bits per heavy atom. The number of primary amides is 1. The van der Waals surface area contributed by atoms with Gasteiger partial charge in [0.1, 0.15) is 17.4 Å². The molecule has 0 saturated carbocycles. The molecule has 0 saturated heterocycles. The van der Waals surface area contributed by atoms with E-state index in [2.05, 4.69) is 0 Å². The number of nitrogens with zero attached hydrogens (tertiary/aromatic N) is 1. The van der Waals surface area contributed by atoms with Crippen LogP contribution in [0.25, 0.3) is 6.08 Å². The summed E-state index contributed by atoms with van der Waals surface area (Å²) in [5.74, 6) is 0.106. The highest BCUT2D eigenvalue weighted by Gasteiger charge is 2.12. The van der Waals surface area contributed by atoms with Gasteiger partial charge in [0.2, 0.25) is 0 Å². The summed E-state index contributed by atoms with van der Waals surface area (Å²) in [5, 5.41) is 8.93. The van der Waals surface area contributed by atoms with Crippen molar-refractivity contribution in [3.63, 3.8) is 0 Å². The summed E-state index contributed by atoms with van der Waals surface area (Å²) in [5.41, 5.74) is 6.45. The van der Waals surface area contributed by atoms with Gasteiger partial charge in [-0.05, 0) is 54.8 Å². The van der Waals surface area contributed by atoms with E-state index in [0.717, 1.165) is 11.3 Å². The molecule has 7 heteroatoms. The minimum Gasteiger partial charge on any atom is -0.494 e. The first-order chi connectivity index (χ1) is 14.0. The molecule has 0 aliphatic heterocycles. The van der Waals surface area contributed by atoms with Crippen LogP contribution in [0.4, 0.5) is 0 Å². The minimum atomic E-state index is -0.823. The van der Waals surface area contributed by atoms with Crippen molar-refractivity contribution in [2.24, 2.45) is 5.73 Å². The van der Waals surface area contributed by atoms with Gasteiger partial charge in [-0.3, -0.25) is 9.59 Å². The van der Waals surface area contributed by atoms with Gasteiger partial charge in [-0.2, -0.15) is 5.26 Å². The lowest BCUT2D eigenvalue weighted by Gasteiger charge is -2.10. The molecule has 2 rings (SSSR count). The Kier molecular flexibility index (Phi) is 7.80. The third-order valence-electron chi connectivity index (χ3n) is 3.96. The van der Waals surface area contributed by atoms with Crippen molar-refractivity contribution in [1.29, 1.82) is 5.26 Å². The first kappa shape index (κ1) is 21.5. The minimum absolute atomic E-state index is 0.188. The van der Waals surface area contributed by atoms with Gasteiger partial charge in [0.05, 0.1) is 13.7 Å². The first-order valence-electron chi connectivity index (χ1n) is 8.98. The van der Waals surface area contributed by atoms with Crippen LogP contribution in [-0.2, 0) is 16.0 Å². The van der Waals surface area contributed by atoms with Crippen LogP contribution >= 0.6 is 0 Å². The number of carbonyl (C=O) groups is 2. The van der Waals surface area contributed by atoms with Crippen LogP contribution in [0.5, 0.6) is 17.2 Å². The molecule has 0 aromatic heterocycles. The Morgan fingerprint density at radius 3 is 2.45 bits per heavy atom. The number of hydrogen-bond donors (Lipinski definition) is 1. The fourth-order valence-electron chi connectivity index (χ4n) is 2.52. The number of rotatable bonds is 9. The van der Waals surface area contributed by atoms with Gasteiger partial charge in [-0.1, -0.05) is 18.2 Å². The van der Waals surface area contributed by atoms with E-state index in [1.807, 2.05) is 31.2 Å². The number of hydrogen-bond acceptors (Lipinski definition) is 6. The van der Waals surface area contributed by atoms with Crippen LogP contribution in [0.2, 0.25) is 0 Å². The van der Waals surface area contributed by atoms with E-state index in [0.29, 0.717) is 24.3 Å². The zero-order chi connectivity index (χ0) is 21.2. The van der Waals surface area contributed by atoms with E-state index in [4.69, 9.17) is 25.2 Å². The highest BCUT2D eigenvalue weighted by atomic mass is 16.6. The Hall–Kier alpha value is -3.79. The van der Waals surface area contributed by atoms with E-state index in [1.54, 1.807) is 18.2 Å². The number of amides is 1. The van der Waals surface area contributed by atoms with Crippen molar-refractivity contribution >= 4 is 18.0 Å². The molecule has 7 nitrogen and oxygen atoms in total. The van der Waals surface area contributed by atoms with Crippen LogP contribution in [0.3, 0.4) is 0 Å². The molecule has 0 heterocycles. The second kappa shape index (κ2) is 10.5. The quantitative estimate of drug-likeness (QED) is 0.303. The number of benzene rings is 2. The number of esters is 1. The molecule has 2 aromatic rings. The number of carbonyl (C=O) groups excluding carboxylic acids is 2. The summed E-state index contributed by atoms with van der Waals surface area (Å²) in [4.78, 5) is 23.4. The van der Waals surface area contributed by atoms with E-state index in [9.17, 15) is 9.59 Å². The van der Waals surface area contributed by atoms with Crippen molar-refractivity contribution < 1.29 is 23.8 Å². The zero-order valence-electron chi connectivity index (χ0n) is 16.3. The van der Waals surface area contributed by atoms with Crippen molar-refractivity contribution in [3.05, 3.63) is 59.2 Å². The zero-order valence-corrected chi connectivity index (χ0v) is 16.3. The molecular formula is C22H22N2O5. The molecule has 29 heavy (non-hydrogen) atoms. The number of nitriles is 1. The summed E-state index contributed by atoms with van der Waals surface area (Å²) in [6, 6.07) is 14.0. The predicted molar refractivity (Wildman–Crippen MR) is 107 cm³/mol. The Morgan fingerprint density at radius 1 is 1.14 bits per heavy atom. The largest absolute Gasteiger partial charge is 0.494 e. The molecule has 0 fully saturated rings. The monoisotopic (exact) mass is 394 g/mol. The average Bonchev–Trinajstić information content (AvgIpc) is 2.72. The van der Waals surface area contributed by atoms with Gasteiger partial charge in [-0.25, -0.2) is 0 Å². The number of aryl methyl sites for hydroxylation is 1. The number of ether oxygens (including phenoxy) is 3. The van der Waals surface area contributed by atoms with Gasteiger partial charge in [0.25, 0.3) is 5.91 Å². The van der Waals surface area contributed by atoms with Gasteiger partial charge < -0.3 is 19.9 Å². The van der Waals surface area contributed by atoms with Crippen LogP contribution in [0.1, 0.15) is 24.5 Å². The van der Waals surface area contributed by atoms with Crippen LogP contribution < -0.4 is 19.9 Å². The predicted octanol–water partition coefficient (Wildman–Crippen LogP) is 3.02. The van der Waals surface area contributed by atoms with Crippen molar-refractivity contribution in [1.82, 2.24) is 0 Å². The summed E-state index contributed by atoms with van der Waals surface area (Å²) in [7, 11) is 1.43. The van der Waals surface area contributed by atoms with E-state index >= 15 is 0 Å². The summed E-state index contributed by atoms with van der Waals surface area (Å²) < 4.78 is 16.0. The molecule has 0 radical (unpaired) electrons. The smallest absolute Gasteiger partial charge is 0.311 e. The lowest BCUT2D eigenvalue weighted by Crippen LogP contribution is -2.12. The lowest BCUT2D eigenvalue weighted by atomic mass is 10.1.